The molecule has 2 aromatic carbocycles. The maximum Gasteiger partial charge on any atom is 0.277 e. The lowest BCUT2D eigenvalue weighted by atomic mass is 10.1. The number of nitrogens with one attached hydrogen (secondary N) is 1. The molecule has 0 aliphatic heterocycles. The molecule has 0 heterocycles. The zero-order valence-electron chi connectivity index (χ0n) is 13.5. The Kier molecular flexibility index (Phi) is 6.01. The highest BCUT2D eigenvalue weighted by Crippen LogP contribution is 2.12. The molecule has 0 unspecified atom stereocenters. The maximum absolute atomic E-state index is 13.2. The van der Waals surface area contributed by atoms with Crippen molar-refractivity contribution in [1.29, 1.82) is 0 Å². The minimum atomic E-state index is -0.966. The summed E-state index contributed by atoms with van der Waals surface area (Å²) in [5.41, 5.74) is 4.23. The molecule has 1 N–H and O–H groups in total. The predicted octanol–water partition coefficient (Wildman–Crippen LogP) is 3.45. The van der Waals surface area contributed by atoms with Gasteiger partial charge in [-0.25, -0.2) is 14.2 Å². The Morgan fingerprint density at radius 2 is 1.83 bits per heavy atom. The second-order valence-corrected chi connectivity index (χ2v) is 5.15. The van der Waals surface area contributed by atoms with E-state index in [1.54, 1.807) is 19.1 Å². The van der Waals surface area contributed by atoms with Gasteiger partial charge in [0.1, 0.15) is 5.75 Å². The molecule has 2 rings (SSSR count). The van der Waals surface area contributed by atoms with Gasteiger partial charge in [-0.3, -0.25) is 4.79 Å². The molecule has 0 saturated carbocycles. The van der Waals surface area contributed by atoms with Crippen molar-refractivity contribution in [2.24, 2.45) is 5.10 Å². The fourth-order valence-electron chi connectivity index (χ4n) is 1.93. The Morgan fingerprint density at radius 1 is 1.12 bits per heavy atom. The smallest absolute Gasteiger partial charge is 0.277 e. The number of hydrogen-bond donors (Lipinski definition) is 1. The van der Waals surface area contributed by atoms with Crippen LogP contribution in [0.15, 0.2) is 47.6 Å². The summed E-state index contributed by atoms with van der Waals surface area (Å²) >= 11 is 0. The Labute approximate surface area is 139 Å². The molecule has 0 saturated heterocycles. The summed E-state index contributed by atoms with van der Waals surface area (Å²) in [6, 6.07) is 10.9. The van der Waals surface area contributed by atoms with Crippen LogP contribution in [-0.2, 0) is 11.2 Å². The van der Waals surface area contributed by atoms with Crippen LogP contribution in [-0.4, -0.2) is 18.2 Å². The van der Waals surface area contributed by atoms with Crippen LogP contribution < -0.4 is 10.2 Å². The van der Waals surface area contributed by atoms with Gasteiger partial charge >= 0.3 is 0 Å². The first kappa shape index (κ1) is 17.6. The second-order valence-electron chi connectivity index (χ2n) is 5.15. The molecule has 24 heavy (non-hydrogen) atoms. The Hall–Kier alpha value is -2.76. The van der Waals surface area contributed by atoms with Crippen molar-refractivity contribution in [2.75, 3.05) is 6.61 Å². The van der Waals surface area contributed by atoms with Crippen molar-refractivity contribution in [3.05, 3.63) is 65.2 Å². The van der Waals surface area contributed by atoms with E-state index in [0.29, 0.717) is 17.0 Å². The molecule has 0 aliphatic carbocycles. The molecule has 0 aromatic heterocycles. The van der Waals surface area contributed by atoms with Gasteiger partial charge in [-0.2, -0.15) is 5.10 Å². The highest BCUT2D eigenvalue weighted by molar-refractivity contribution is 5.99. The summed E-state index contributed by atoms with van der Waals surface area (Å²) in [4.78, 5) is 11.7. The topological polar surface area (TPSA) is 50.7 Å². The van der Waals surface area contributed by atoms with E-state index in [2.05, 4.69) is 17.5 Å². The van der Waals surface area contributed by atoms with Gasteiger partial charge in [0, 0.05) is 5.56 Å². The van der Waals surface area contributed by atoms with Crippen molar-refractivity contribution >= 4 is 11.6 Å². The van der Waals surface area contributed by atoms with Crippen LogP contribution in [0.1, 0.15) is 25.0 Å². The van der Waals surface area contributed by atoms with Crippen molar-refractivity contribution in [3.8, 4) is 5.75 Å². The van der Waals surface area contributed by atoms with Gasteiger partial charge < -0.3 is 4.74 Å². The number of rotatable bonds is 6. The van der Waals surface area contributed by atoms with E-state index in [4.69, 9.17) is 4.74 Å². The number of aryl methyl sites for hydroxylation is 1. The molecular formula is C18H18F2N2O2. The average molecular weight is 332 g/mol. The molecule has 126 valence electrons. The number of carbonyl (C=O) groups excluding carboxylic acids is 1. The number of ether oxygens (including phenoxy) is 1. The fraction of sp³-hybridized carbons (Fsp3) is 0.222. The van der Waals surface area contributed by atoms with Gasteiger partial charge in [-0.1, -0.05) is 19.1 Å². The third-order valence-corrected chi connectivity index (χ3v) is 3.39. The van der Waals surface area contributed by atoms with E-state index in [-0.39, 0.29) is 6.61 Å². The molecule has 1 amide bonds. The van der Waals surface area contributed by atoms with Crippen LogP contribution in [0.4, 0.5) is 8.78 Å². The SMILES string of the molecule is CCc1ccc(OCC(=O)N/N=C(/C)c2ccc(F)c(F)c2)cc1. The molecule has 2 aromatic rings. The van der Waals surface area contributed by atoms with Gasteiger partial charge in [-0.05, 0) is 49.2 Å². The number of halogens is 2. The molecule has 0 radical (unpaired) electrons. The van der Waals surface area contributed by atoms with Crippen LogP contribution in [0, 0.1) is 11.6 Å². The molecule has 0 fully saturated rings. The van der Waals surface area contributed by atoms with Crippen LogP contribution in [0.25, 0.3) is 0 Å². The van der Waals surface area contributed by atoms with Gasteiger partial charge in [0.25, 0.3) is 5.91 Å². The minimum Gasteiger partial charge on any atom is -0.484 e. The first-order chi connectivity index (χ1) is 11.5. The summed E-state index contributed by atoms with van der Waals surface area (Å²) in [6.45, 7) is 3.44. The molecule has 0 atom stereocenters. The molecule has 0 spiro atoms. The summed E-state index contributed by atoms with van der Waals surface area (Å²) in [5.74, 6) is -1.76. The minimum absolute atomic E-state index is 0.194. The number of hydrogen-bond acceptors (Lipinski definition) is 3. The number of amides is 1. The summed E-state index contributed by atoms with van der Waals surface area (Å²) < 4.78 is 31.4. The number of benzene rings is 2. The van der Waals surface area contributed by atoms with Gasteiger partial charge in [0.05, 0.1) is 5.71 Å². The van der Waals surface area contributed by atoms with E-state index in [1.807, 2.05) is 12.1 Å². The largest absolute Gasteiger partial charge is 0.484 e. The average Bonchev–Trinajstić information content (AvgIpc) is 2.60. The third kappa shape index (κ3) is 4.87. The van der Waals surface area contributed by atoms with Crippen LogP contribution >= 0.6 is 0 Å². The van der Waals surface area contributed by atoms with E-state index in [0.717, 1.165) is 18.6 Å². The Balaban J connectivity index is 1.87. The van der Waals surface area contributed by atoms with Crippen molar-refractivity contribution in [3.63, 3.8) is 0 Å². The van der Waals surface area contributed by atoms with Gasteiger partial charge in [0.2, 0.25) is 0 Å². The molecule has 6 heteroatoms. The van der Waals surface area contributed by atoms with Crippen LogP contribution in [0.2, 0.25) is 0 Å². The Morgan fingerprint density at radius 3 is 2.46 bits per heavy atom. The van der Waals surface area contributed by atoms with Crippen LogP contribution in [0.5, 0.6) is 5.75 Å². The van der Waals surface area contributed by atoms with Crippen LogP contribution in [0.3, 0.4) is 0 Å². The third-order valence-electron chi connectivity index (χ3n) is 3.39. The Bertz CT molecular complexity index is 743. The standard InChI is InChI=1S/C18H18F2N2O2/c1-3-13-4-7-15(8-5-13)24-11-18(23)22-21-12(2)14-6-9-16(19)17(20)10-14/h4-10H,3,11H2,1-2H3,(H,22,23)/b21-12-. The highest BCUT2D eigenvalue weighted by Gasteiger charge is 2.06. The number of carbonyl (C=O) groups is 1. The maximum atomic E-state index is 13.2. The number of nitrogens with zero attached hydrogens (tertiary/aromatic N) is 1. The lowest BCUT2D eigenvalue weighted by Gasteiger charge is -2.06. The van der Waals surface area contributed by atoms with E-state index in [1.165, 1.54) is 11.6 Å². The first-order valence-electron chi connectivity index (χ1n) is 7.50. The lowest BCUT2D eigenvalue weighted by molar-refractivity contribution is -0.123. The zero-order valence-corrected chi connectivity index (χ0v) is 13.5. The van der Waals surface area contributed by atoms with E-state index >= 15 is 0 Å². The zero-order chi connectivity index (χ0) is 17.5. The highest BCUT2D eigenvalue weighted by atomic mass is 19.2. The lowest BCUT2D eigenvalue weighted by Crippen LogP contribution is -2.25. The second kappa shape index (κ2) is 8.19. The molecule has 0 bridgehead atoms. The van der Waals surface area contributed by atoms with Crippen molar-refractivity contribution in [1.82, 2.24) is 5.43 Å². The molecular weight excluding hydrogens is 314 g/mol. The van der Waals surface area contributed by atoms with E-state index < -0.39 is 17.5 Å². The van der Waals surface area contributed by atoms with Gasteiger partial charge in [-0.15, -0.1) is 0 Å². The monoisotopic (exact) mass is 332 g/mol. The summed E-state index contributed by atoms with van der Waals surface area (Å²) in [6.07, 6.45) is 0.929. The normalized spacial score (nSPS) is 11.2. The first-order valence-corrected chi connectivity index (χ1v) is 7.50. The fourth-order valence-corrected chi connectivity index (χ4v) is 1.93. The van der Waals surface area contributed by atoms with Crippen molar-refractivity contribution in [2.45, 2.75) is 20.3 Å². The van der Waals surface area contributed by atoms with Gasteiger partial charge in [0.15, 0.2) is 18.2 Å². The van der Waals surface area contributed by atoms with E-state index in [9.17, 15) is 13.6 Å². The molecule has 0 aliphatic rings. The summed E-state index contributed by atoms with van der Waals surface area (Å²) in [5, 5.41) is 3.85. The van der Waals surface area contributed by atoms with Crippen molar-refractivity contribution < 1.29 is 18.3 Å². The predicted molar refractivity (Wildman–Crippen MR) is 88.0 cm³/mol. The number of hydrazone groups is 1. The quantitative estimate of drug-likeness (QED) is 0.651. The summed E-state index contributed by atoms with van der Waals surface area (Å²) in [7, 11) is 0. The molecule has 4 nitrogen and oxygen atoms in total.